The minimum atomic E-state index is -3.93. The minimum absolute atomic E-state index is 0.00622. The van der Waals surface area contributed by atoms with E-state index in [9.17, 15) is 13.2 Å². The molecule has 2 aromatic carbocycles. The van der Waals surface area contributed by atoms with Gasteiger partial charge in [-0.1, -0.05) is 29.8 Å². The topological polar surface area (TPSA) is 92.2 Å². The summed E-state index contributed by atoms with van der Waals surface area (Å²) in [6.07, 6.45) is 0. The second kappa shape index (κ2) is 5.43. The molecule has 0 saturated carbocycles. The predicted octanol–water partition coefficient (Wildman–Crippen LogP) is 3.19. The number of benzene rings is 2. The van der Waals surface area contributed by atoms with Crippen molar-refractivity contribution in [3.05, 3.63) is 57.0 Å². The van der Waals surface area contributed by atoms with Gasteiger partial charge >= 0.3 is 5.76 Å². The van der Waals surface area contributed by atoms with E-state index in [1.165, 1.54) is 12.1 Å². The Morgan fingerprint density at radius 3 is 2.48 bits per heavy atom. The van der Waals surface area contributed by atoms with Crippen LogP contribution in [0.4, 0.5) is 5.69 Å². The summed E-state index contributed by atoms with van der Waals surface area (Å²) < 4.78 is 32.7. The van der Waals surface area contributed by atoms with E-state index in [0.717, 1.165) is 11.1 Å². The summed E-state index contributed by atoms with van der Waals surface area (Å²) in [6.45, 7) is 3.61. The van der Waals surface area contributed by atoms with Gasteiger partial charge in [0, 0.05) is 6.07 Å². The molecule has 0 bridgehead atoms. The number of aromatic nitrogens is 1. The van der Waals surface area contributed by atoms with E-state index in [1.807, 2.05) is 6.07 Å². The number of sulfonamides is 1. The number of para-hydroxylation sites is 1. The van der Waals surface area contributed by atoms with Gasteiger partial charge in [0.05, 0.1) is 16.2 Å². The number of aryl methyl sites for hydroxylation is 2. The maximum absolute atomic E-state index is 12.7. The van der Waals surface area contributed by atoms with Gasteiger partial charge in [-0.05, 0) is 31.0 Å². The molecule has 23 heavy (non-hydrogen) atoms. The maximum Gasteiger partial charge on any atom is 0.417 e. The third-order valence-corrected chi connectivity index (χ3v) is 5.29. The first-order valence-electron chi connectivity index (χ1n) is 6.69. The molecule has 8 heteroatoms. The van der Waals surface area contributed by atoms with Crippen molar-refractivity contribution in [1.29, 1.82) is 0 Å². The highest BCUT2D eigenvalue weighted by Crippen LogP contribution is 2.29. The Kier molecular flexibility index (Phi) is 3.69. The molecule has 120 valence electrons. The highest BCUT2D eigenvalue weighted by molar-refractivity contribution is 7.92. The summed E-state index contributed by atoms with van der Waals surface area (Å²) >= 11 is 6.06. The molecule has 0 spiro atoms. The molecular formula is C15H13ClN2O4S. The molecule has 0 aliphatic carbocycles. The van der Waals surface area contributed by atoms with Crippen molar-refractivity contribution in [2.75, 3.05) is 4.72 Å². The van der Waals surface area contributed by atoms with Gasteiger partial charge in [-0.3, -0.25) is 9.71 Å². The number of nitrogens with one attached hydrogen (secondary N) is 2. The highest BCUT2D eigenvalue weighted by Gasteiger charge is 2.21. The van der Waals surface area contributed by atoms with Gasteiger partial charge < -0.3 is 4.42 Å². The second-order valence-corrected chi connectivity index (χ2v) is 7.22. The number of anilines is 1. The first-order chi connectivity index (χ1) is 10.8. The summed E-state index contributed by atoms with van der Waals surface area (Å²) in [7, 11) is -3.93. The fourth-order valence-electron chi connectivity index (χ4n) is 2.32. The molecule has 2 N–H and O–H groups in total. The Balaban J connectivity index is 2.13. The number of fused-ring (bicyclic) bond motifs is 1. The molecule has 0 amide bonds. The molecule has 0 fully saturated rings. The van der Waals surface area contributed by atoms with E-state index in [-0.39, 0.29) is 15.5 Å². The minimum Gasteiger partial charge on any atom is -0.408 e. The molecule has 0 aliphatic heterocycles. The van der Waals surface area contributed by atoms with Crippen LogP contribution in [0.15, 0.2) is 44.4 Å². The number of H-pyrrole nitrogens is 1. The average molecular weight is 353 g/mol. The maximum atomic E-state index is 12.7. The van der Waals surface area contributed by atoms with Crippen LogP contribution in [0.3, 0.4) is 0 Å². The van der Waals surface area contributed by atoms with Crippen LogP contribution >= 0.6 is 11.6 Å². The highest BCUT2D eigenvalue weighted by atomic mass is 35.5. The Morgan fingerprint density at radius 2 is 1.83 bits per heavy atom. The summed E-state index contributed by atoms with van der Waals surface area (Å²) in [5, 5.41) is -0.00622. The molecule has 0 unspecified atom stereocenters. The quantitative estimate of drug-likeness (QED) is 0.757. The van der Waals surface area contributed by atoms with E-state index in [4.69, 9.17) is 16.0 Å². The van der Waals surface area contributed by atoms with E-state index < -0.39 is 15.8 Å². The molecule has 0 radical (unpaired) electrons. The number of hydrogen-bond acceptors (Lipinski definition) is 4. The Hall–Kier alpha value is -2.25. The molecule has 3 aromatic rings. The monoisotopic (exact) mass is 352 g/mol. The second-order valence-electron chi connectivity index (χ2n) is 5.17. The third-order valence-electron chi connectivity index (χ3n) is 3.48. The van der Waals surface area contributed by atoms with Crippen LogP contribution in [0.25, 0.3) is 11.1 Å². The fourth-order valence-corrected chi connectivity index (χ4v) is 4.07. The SMILES string of the molecule is Cc1cccc(C)c1NS(=O)(=O)c1cc2oc(=O)[nH]c2cc1Cl. The molecule has 1 heterocycles. The Morgan fingerprint density at radius 1 is 1.17 bits per heavy atom. The van der Waals surface area contributed by atoms with Crippen molar-refractivity contribution in [1.82, 2.24) is 4.98 Å². The fraction of sp³-hybridized carbons (Fsp3) is 0.133. The van der Waals surface area contributed by atoms with Crippen molar-refractivity contribution in [3.63, 3.8) is 0 Å². The van der Waals surface area contributed by atoms with Gasteiger partial charge in [-0.2, -0.15) is 0 Å². The summed E-state index contributed by atoms with van der Waals surface area (Å²) in [5.74, 6) is -0.673. The van der Waals surface area contributed by atoms with Gasteiger partial charge in [-0.25, -0.2) is 13.2 Å². The van der Waals surface area contributed by atoms with Crippen LogP contribution in [-0.4, -0.2) is 13.4 Å². The largest absolute Gasteiger partial charge is 0.417 e. The third kappa shape index (κ3) is 2.85. The average Bonchev–Trinajstić information content (AvgIpc) is 2.81. The summed E-state index contributed by atoms with van der Waals surface area (Å²) in [6, 6.07) is 8.03. The Labute approximate surface area is 137 Å². The van der Waals surface area contributed by atoms with Gasteiger partial charge in [0.2, 0.25) is 0 Å². The lowest BCUT2D eigenvalue weighted by Crippen LogP contribution is -2.15. The van der Waals surface area contributed by atoms with Crippen LogP contribution in [0.5, 0.6) is 0 Å². The zero-order chi connectivity index (χ0) is 16.8. The number of halogens is 1. The first-order valence-corrected chi connectivity index (χ1v) is 8.55. The molecule has 0 saturated heterocycles. The van der Waals surface area contributed by atoms with E-state index >= 15 is 0 Å². The molecule has 0 atom stereocenters. The Bertz CT molecular complexity index is 1050. The molecule has 6 nitrogen and oxygen atoms in total. The van der Waals surface area contributed by atoms with Gasteiger partial charge in [-0.15, -0.1) is 0 Å². The lowest BCUT2D eigenvalue weighted by Gasteiger charge is -2.13. The number of hydrogen-bond donors (Lipinski definition) is 2. The van der Waals surface area contributed by atoms with Crippen molar-refractivity contribution in [3.8, 4) is 0 Å². The normalized spacial score (nSPS) is 11.8. The zero-order valence-corrected chi connectivity index (χ0v) is 13.9. The molecular weight excluding hydrogens is 340 g/mol. The standard InChI is InChI=1S/C15H13ClN2O4S/c1-8-4-3-5-9(2)14(8)18-23(20,21)13-7-12-11(6-10(13)16)17-15(19)22-12/h3-7,18H,1-2H3,(H,17,19). The number of aromatic amines is 1. The van der Waals surface area contributed by atoms with Crippen LogP contribution in [0.2, 0.25) is 5.02 Å². The molecule has 0 aliphatic rings. The van der Waals surface area contributed by atoms with Crippen LogP contribution in [-0.2, 0) is 10.0 Å². The van der Waals surface area contributed by atoms with Gasteiger partial charge in [0.15, 0.2) is 5.58 Å². The van der Waals surface area contributed by atoms with Gasteiger partial charge in [0.1, 0.15) is 4.90 Å². The lowest BCUT2D eigenvalue weighted by atomic mass is 10.1. The van der Waals surface area contributed by atoms with E-state index in [1.54, 1.807) is 26.0 Å². The number of rotatable bonds is 3. The lowest BCUT2D eigenvalue weighted by molar-refractivity contribution is 0.554. The van der Waals surface area contributed by atoms with Gasteiger partial charge in [0.25, 0.3) is 10.0 Å². The van der Waals surface area contributed by atoms with Crippen LogP contribution < -0.4 is 10.5 Å². The van der Waals surface area contributed by atoms with Crippen LogP contribution in [0, 0.1) is 13.8 Å². The van der Waals surface area contributed by atoms with E-state index in [0.29, 0.717) is 11.2 Å². The first kappa shape index (κ1) is 15.6. The van der Waals surface area contributed by atoms with Crippen molar-refractivity contribution < 1.29 is 12.8 Å². The zero-order valence-electron chi connectivity index (χ0n) is 12.3. The van der Waals surface area contributed by atoms with Crippen LogP contribution in [0.1, 0.15) is 11.1 Å². The predicted molar refractivity (Wildman–Crippen MR) is 88.6 cm³/mol. The number of oxazole rings is 1. The summed E-state index contributed by atoms with van der Waals surface area (Å²) in [4.78, 5) is 13.5. The van der Waals surface area contributed by atoms with Crippen molar-refractivity contribution in [2.45, 2.75) is 18.7 Å². The van der Waals surface area contributed by atoms with E-state index in [2.05, 4.69) is 9.71 Å². The smallest absolute Gasteiger partial charge is 0.408 e. The molecule has 1 aromatic heterocycles. The van der Waals surface area contributed by atoms with Crippen molar-refractivity contribution in [2.24, 2.45) is 0 Å². The molecule has 3 rings (SSSR count). The van der Waals surface area contributed by atoms with Crippen molar-refractivity contribution >= 4 is 38.4 Å². The summed E-state index contributed by atoms with van der Waals surface area (Å²) in [5.41, 5.74) is 2.55.